The Morgan fingerprint density at radius 2 is 1.59 bits per heavy atom. The van der Waals surface area contributed by atoms with E-state index in [1.165, 1.54) is 51.8 Å². The molecule has 3 saturated carbocycles. The minimum atomic E-state index is -1.78. The highest BCUT2D eigenvalue weighted by Crippen LogP contribution is 2.72. The molecule has 4 aliphatic rings. The number of esters is 1. The molecule has 0 heterocycles. The zero-order valence-electron chi connectivity index (χ0n) is 43.6. The highest BCUT2D eigenvalue weighted by Gasteiger charge is 2.75. The molecule has 19 heteroatoms. The smallest absolute Gasteiger partial charge is 0.508 e. The number of ketones is 1. The highest BCUT2D eigenvalue weighted by atomic mass is 33.1. The van der Waals surface area contributed by atoms with E-state index in [2.05, 4.69) is 29.6 Å². The summed E-state index contributed by atoms with van der Waals surface area (Å²) in [6.07, 6.45) is 6.92. The molecular formula is C56H75F2NO13S3. The van der Waals surface area contributed by atoms with Crippen molar-refractivity contribution in [2.75, 3.05) is 57.0 Å². The van der Waals surface area contributed by atoms with Gasteiger partial charge in [0.2, 0.25) is 5.12 Å². The topological polar surface area (TPSA) is 193 Å². The molecule has 2 aromatic carbocycles. The van der Waals surface area contributed by atoms with E-state index in [9.17, 15) is 38.6 Å². The van der Waals surface area contributed by atoms with Crippen molar-refractivity contribution >= 4 is 62.5 Å². The first-order valence-electron chi connectivity index (χ1n) is 26.3. The zero-order chi connectivity index (χ0) is 54.0. The number of aliphatic hydroxyl groups is 1. The van der Waals surface area contributed by atoms with Gasteiger partial charge in [-0.3, -0.25) is 14.4 Å². The maximum Gasteiger partial charge on any atom is 0.508 e. The molecule has 0 saturated heterocycles. The summed E-state index contributed by atoms with van der Waals surface area (Å²) in [6.45, 7) is 9.37. The van der Waals surface area contributed by atoms with Crippen LogP contribution >= 0.6 is 33.3 Å². The summed E-state index contributed by atoms with van der Waals surface area (Å²) in [5, 5.41) is 23.8. The molecule has 0 radical (unpaired) electrons. The fraction of sp³-hybridized carbons (Fsp3) is 0.625. The number of thioether (sulfide) groups is 1. The van der Waals surface area contributed by atoms with Gasteiger partial charge in [0.05, 0.1) is 6.10 Å². The molecule has 2 aromatic rings. The molecule has 3 N–H and O–H groups in total. The molecule has 3 fully saturated rings. The number of allylic oxidation sites excluding steroid dienone is 4. The molecule has 0 bridgehead atoms. The van der Waals surface area contributed by atoms with Crippen LogP contribution in [0.5, 0.6) is 5.75 Å². The van der Waals surface area contributed by atoms with Crippen LogP contribution in [0.3, 0.4) is 0 Å². The van der Waals surface area contributed by atoms with Gasteiger partial charge < -0.3 is 44.0 Å². The normalized spacial score (nSPS) is 27.0. The standard InChI is InChI=1S/C56H75F2NO13S3/c1-5-50(63)72-56(51(64)73-36-57)37(2)29-44-45-32-46(58)42-31-41(60)19-20-43(42)55(45,4)49(33-54(44,56)3)71-53(66)69-26-28-75-74-27-25-68-52(65)70-35-40-30-39(18-21-47(40)61)48(62)34-59-22-12-8-14-24-67-23-13-7-11-17-38-15-9-6-10-16-38/h6,9-10,15-16,18-21,30-31,37,43-46,48-49,59,61-62H,5,7-8,11-14,17,22-29,32-36H2,1-4H3/t37-,43+,44+,45+,46+,48?,49+,54+,55-,56+/m1/s1. The molecule has 10 atom stereocenters. The minimum absolute atomic E-state index is 0.0109. The molecule has 0 aliphatic heterocycles. The van der Waals surface area contributed by atoms with E-state index in [1.54, 1.807) is 39.0 Å². The third kappa shape index (κ3) is 15.1. The zero-order valence-corrected chi connectivity index (χ0v) is 46.1. The Hall–Kier alpha value is -4.14. The summed E-state index contributed by atoms with van der Waals surface area (Å²) in [5.74, 6) is -2.41. The average molecular weight is 1100 g/mol. The van der Waals surface area contributed by atoms with Crippen LogP contribution in [0.2, 0.25) is 0 Å². The summed E-state index contributed by atoms with van der Waals surface area (Å²) < 4.78 is 64.1. The summed E-state index contributed by atoms with van der Waals surface area (Å²) in [4.78, 5) is 65.5. The Morgan fingerprint density at radius 1 is 0.880 bits per heavy atom. The second-order valence-corrected chi connectivity index (χ2v) is 23.9. The van der Waals surface area contributed by atoms with Gasteiger partial charge in [-0.25, -0.2) is 18.4 Å². The molecule has 0 aromatic heterocycles. The number of hydrogen-bond donors (Lipinski definition) is 3. The Morgan fingerprint density at radius 3 is 2.29 bits per heavy atom. The third-order valence-corrected chi connectivity index (χ3v) is 18.7. The van der Waals surface area contributed by atoms with Crippen molar-refractivity contribution in [1.29, 1.82) is 0 Å². The van der Waals surface area contributed by atoms with Crippen LogP contribution < -0.4 is 5.32 Å². The van der Waals surface area contributed by atoms with Gasteiger partial charge in [0.25, 0.3) is 0 Å². The van der Waals surface area contributed by atoms with E-state index in [4.69, 9.17) is 28.4 Å². The summed E-state index contributed by atoms with van der Waals surface area (Å²) in [5.41, 5.74) is -1.36. The molecule has 1 unspecified atom stereocenters. The first-order chi connectivity index (χ1) is 36.1. The van der Waals surface area contributed by atoms with E-state index in [-0.39, 0.29) is 56.5 Å². The fourth-order valence-electron chi connectivity index (χ4n) is 11.9. The number of aromatic hydroxyl groups is 1. The lowest BCUT2D eigenvalue weighted by Gasteiger charge is -2.62. The third-order valence-electron chi connectivity index (χ3n) is 15.7. The molecule has 6 rings (SSSR count). The van der Waals surface area contributed by atoms with Crippen LogP contribution in [0.1, 0.15) is 115 Å². The number of benzene rings is 2. The van der Waals surface area contributed by atoms with Crippen LogP contribution in [0.4, 0.5) is 18.4 Å². The Balaban J connectivity index is 0.879. The van der Waals surface area contributed by atoms with Gasteiger partial charge >= 0.3 is 18.3 Å². The molecule has 0 spiro atoms. The number of carbonyl (C=O) groups is 5. The van der Waals surface area contributed by atoms with Gasteiger partial charge in [-0.05, 0) is 129 Å². The first-order valence-corrected chi connectivity index (χ1v) is 29.8. The predicted octanol–water partition coefficient (Wildman–Crippen LogP) is 11.2. The number of aryl methyl sites for hydroxylation is 1. The summed E-state index contributed by atoms with van der Waals surface area (Å²) in [7, 11) is 2.72. The van der Waals surface area contributed by atoms with Gasteiger partial charge in [0, 0.05) is 65.9 Å². The number of aliphatic hydroxyl groups excluding tert-OH is 1. The molecule has 4 aliphatic carbocycles. The number of rotatable bonds is 29. The number of ether oxygens (including phenoxy) is 6. The number of nitrogens with one attached hydrogen (secondary N) is 1. The van der Waals surface area contributed by atoms with Crippen molar-refractivity contribution in [3.63, 3.8) is 0 Å². The number of unbranched alkanes of at least 4 members (excludes halogenated alkanes) is 4. The number of phenols is 1. The second kappa shape index (κ2) is 29.0. The molecule has 0 amide bonds. The van der Waals surface area contributed by atoms with Crippen LogP contribution in [-0.4, -0.2) is 114 Å². The summed E-state index contributed by atoms with van der Waals surface area (Å²) >= 11 is 0.429. The van der Waals surface area contributed by atoms with Crippen molar-refractivity contribution in [3.05, 3.63) is 89.0 Å². The van der Waals surface area contributed by atoms with Crippen molar-refractivity contribution < 1.29 is 71.4 Å². The second-order valence-electron chi connectivity index (χ2n) is 20.3. The molecule has 75 heavy (non-hydrogen) atoms. The van der Waals surface area contributed by atoms with Crippen LogP contribution in [-0.2, 0) is 55.8 Å². The Labute approximate surface area is 452 Å². The lowest BCUT2D eigenvalue weighted by molar-refractivity contribution is -0.213. The fourth-order valence-corrected chi connectivity index (χ4v) is 14.3. The lowest BCUT2D eigenvalue weighted by atomic mass is 9.43. The van der Waals surface area contributed by atoms with Gasteiger partial charge in [-0.2, -0.15) is 0 Å². The Kier molecular flexibility index (Phi) is 23.2. The molecule has 14 nitrogen and oxygen atoms in total. The number of alkyl halides is 2. The highest BCUT2D eigenvalue weighted by molar-refractivity contribution is 8.76. The van der Waals surface area contributed by atoms with Gasteiger partial charge in [0.15, 0.2) is 11.4 Å². The average Bonchev–Trinajstić information content (AvgIpc) is 3.75. The number of phenolic OH excluding ortho intramolecular Hbond substituents is 1. The number of hydrogen-bond acceptors (Lipinski definition) is 17. The van der Waals surface area contributed by atoms with E-state index < -0.39 is 82.0 Å². The van der Waals surface area contributed by atoms with Gasteiger partial charge in [-0.15, -0.1) is 0 Å². The molecule has 414 valence electrons. The number of carbonyl (C=O) groups excluding carboxylic acids is 5. The quantitative estimate of drug-likeness (QED) is 0.0301. The molecular weight excluding hydrogens is 1030 g/mol. The van der Waals surface area contributed by atoms with E-state index in [0.717, 1.165) is 58.3 Å². The minimum Gasteiger partial charge on any atom is -0.508 e. The van der Waals surface area contributed by atoms with E-state index in [0.29, 0.717) is 52.9 Å². The maximum atomic E-state index is 16.2. The van der Waals surface area contributed by atoms with Crippen molar-refractivity contribution in [1.82, 2.24) is 5.32 Å². The summed E-state index contributed by atoms with van der Waals surface area (Å²) in [6, 6.07) is 14.1. The number of fused-ring (bicyclic) bond motifs is 5. The maximum absolute atomic E-state index is 16.2. The predicted molar refractivity (Wildman–Crippen MR) is 286 cm³/mol. The largest absolute Gasteiger partial charge is 0.508 e. The van der Waals surface area contributed by atoms with Crippen LogP contribution in [0.15, 0.2) is 72.3 Å². The monoisotopic (exact) mass is 1100 g/mol. The first kappa shape index (κ1) is 60.1. The van der Waals surface area contributed by atoms with Crippen molar-refractivity contribution in [3.8, 4) is 5.75 Å². The number of halogens is 2. The lowest BCUT2D eigenvalue weighted by Crippen LogP contribution is -2.66. The van der Waals surface area contributed by atoms with Gasteiger partial charge in [-0.1, -0.05) is 98.2 Å². The SMILES string of the molecule is CCC(=O)O[C@]1(C(=O)SCF)[C@H](C)C[C@H]2[C@@H]3C[C@H](F)C4=CC(=O)C=C[C@@H]4[C@@]3(C)[C@@H](OC(=O)OCCSSCCOC(=O)OCc3cc(C(O)CNCCCCCOCCCCCc4ccccc4)ccc3O)C[C@@]21C. The van der Waals surface area contributed by atoms with Crippen molar-refractivity contribution in [2.45, 2.75) is 129 Å². The van der Waals surface area contributed by atoms with Crippen LogP contribution in [0, 0.1) is 34.5 Å². The van der Waals surface area contributed by atoms with Crippen LogP contribution in [0.25, 0.3) is 0 Å². The van der Waals surface area contributed by atoms with Gasteiger partial charge in [0.1, 0.15) is 43.9 Å². The van der Waals surface area contributed by atoms with E-state index in [1.807, 2.05) is 13.0 Å². The van der Waals surface area contributed by atoms with Crippen molar-refractivity contribution in [2.24, 2.45) is 34.5 Å². The van der Waals surface area contributed by atoms with E-state index >= 15 is 4.39 Å². The Bertz CT molecular complexity index is 2290.